The maximum atomic E-state index is 5.95. The van der Waals surface area contributed by atoms with E-state index in [1.165, 1.54) is 38.8 Å². The van der Waals surface area contributed by atoms with Gasteiger partial charge >= 0.3 is 0 Å². The fourth-order valence-electron chi connectivity index (χ4n) is 3.16. The molecule has 0 aromatic carbocycles. The highest BCUT2D eigenvalue weighted by Gasteiger charge is 2.26. The van der Waals surface area contributed by atoms with E-state index < -0.39 is 0 Å². The Morgan fingerprint density at radius 2 is 1.78 bits per heavy atom. The summed E-state index contributed by atoms with van der Waals surface area (Å²) < 4.78 is 0. The number of piperazine rings is 1. The minimum absolute atomic E-state index is 0.589. The quantitative estimate of drug-likeness (QED) is 0.767. The molecule has 1 aliphatic heterocycles. The molecule has 0 unspecified atom stereocenters. The van der Waals surface area contributed by atoms with Gasteiger partial charge in [-0.3, -0.25) is 4.90 Å². The van der Waals surface area contributed by atoms with Crippen LogP contribution in [0.5, 0.6) is 0 Å². The third kappa shape index (κ3) is 2.62. The number of rotatable bonds is 2. The van der Waals surface area contributed by atoms with E-state index in [2.05, 4.69) is 20.9 Å². The standard InChI is InChI=1S/C14H20ClN3/c15-13-6-3-7-14(16-13)18-10-8-17(9-11-18)12-4-1-2-5-12/h3,6-7,12H,1-2,4-5,8-11H2. The highest BCUT2D eigenvalue weighted by molar-refractivity contribution is 6.29. The fraction of sp³-hybridized carbons (Fsp3) is 0.643. The number of aromatic nitrogens is 1. The SMILES string of the molecule is Clc1cccc(N2CCN(C3CCCC3)CC2)n1. The summed E-state index contributed by atoms with van der Waals surface area (Å²) in [6.07, 6.45) is 5.63. The van der Waals surface area contributed by atoms with E-state index in [1.54, 1.807) is 0 Å². The number of hydrogen-bond donors (Lipinski definition) is 0. The molecule has 1 saturated heterocycles. The lowest BCUT2D eigenvalue weighted by atomic mass is 10.2. The lowest BCUT2D eigenvalue weighted by Gasteiger charge is -2.38. The molecule has 3 rings (SSSR count). The molecule has 1 saturated carbocycles. The number of pyridine rings is 1. The molecule has 0 N–H and O–H groups in total. The van der Waals surface area contributed by atoms with Gasteiger partial charge in [0.05, 0.1) is 0 Å². The molecule has 2 aliphatic rings. The summed E-state index contributed by atoms with van der Waals surface area (Å²) in [5.74, 6) is 1.02. The van der Waals surface area contributed by atoms with Crippen molar-refractivity contribution >= 4 is 17.4 Å². The lowest BCUT2D eigenvalue weighted by molar-refractivity contribution is 0.187. The monoisotopic (exact) mass is 265 g/mol. The van der Waals surface area contributed by atoms with E-state index in [1.807, 2.05) is 12.1 Å². The van der Waals surface area contributed by atoms with Crippen molar-refractivity contribution in [3.63, 3.8) is 0 Å². The van der Waals surface area contributed by atoms with Gasteiger partial charge in [-0.1, -0.05) is 30.5 Å². The van der Waals surface area contributed by atoms with Gasteiger partial charge in [-0.15, -0.1) is 0 Å². The number of anilines is 1. The molecule has 1 aromatic heterocycles. The zero-order valence-electron chi connectivity index (χ0n) is 10.7. The molecule has 18 heavy (non-hydrogen) atoms. The van der Waals surface area contributed by atoms with Gasteiger partial charge < -0.3 is 4.90 Å². The van der Waals surface area contributed by atoms with E-state index in [0.717, 1.165) is 24.9 Å². The second-order valence-corrected chi connectivity index (χ2v) is 5.67. The van der Waals surface area contributed by atoms with Crippen LogP contribution in [0.3, 0.4) is 0 Å². The molecule has 0 atom stereocenters. The molecule has 98 valence electrons. The first kappa shape index (κ1) is 12.2. The molecule has 3 nitrogen and oxygen atoms in total. The Hall–Kier alpha value is -0.800. The van der Waals surface area contributed by atoms with Gasteiger partial charge in [-0.2, -0.15) is 0 Å². The van der Waals surface area contributed by atoms with Crippen LogP contribution in [0.15, 0.2) is 18.2 Å². The van der Waals surface area contributed by atoms with Crippen LogP contribution >= 0.6 is 11.6 Å². The normalized spacial score (nSPS) is 22.6. The lowest BCUT2D eigenvalue weighted by Crippen LogP contribution is -2.49. The average Bonchev–Trinajstić information content (AvgIpc) is 2.93. The molecule has 1 aromatic rings. The summed E-state index contributed by atoms with van der Waals surface area (Å²) in [6.45, 7) is 4.48. The van der Waals surface area contributed by atoms with Crippen molar-refractivity contribution in [2.24, 2.45) is 0 Å². The Morgan fingerprint density at radius 3 is 2.44 bits per heavy atom. The molecule has 2 heterocycles. The Balaban J connectivity index is 1.59. The molecular formula is C14H20ClN3. The molecule has 0 radical (unpaired) electrons. The molecular weight excluding hydrogens is 246 g/mol. The predicted octanol–water partition coefficient (Wildman–Crippen LogP) is 2.80. The van der Waals surface area contributed by atoms with Crippen LogP contribution in [0.2, 0.25) is 5.15 Å². The maximum Gasteiger partial charge on any atom is 0.131 e. The Morgan fingerprint density at radius 1 is 1.06 bits per heavy atom. The highest BCUT2D eigenvalue weighted by Crippen LogP contribution is 2.25. The number of nitrogens with zero attached hydrogens (tertiary/aromatic N) is 3. The first-order chi connectivity index (χ1) is 8.83. The van der Waals surface area contributed by atoms with Crippen LogP contribution in [0.25, 0.3) is 0 Å². The van der Waals surface area contributed by atoms with Crippen LogP contribution in [0, 0.1) is 0 Å². The topological polar surface area (TPSA) is 19.4 Å². The smallest absolute Gasteiger partial charge is 0.131 e. The summed E-state index contributed by atoms with van der Waals surface area (Å²) in [6, 6.07) is 6.71. The van der Waals surface area contributed by atoms with E-state index >= 15 is 0 Å². The molecule has 0 spiro atoms. The fourth-order valence-corrected chi connectivity index (χ4v) is 3.32. The van der Waals surface area contributed by atoms with Crippen molar-refractivity contribution in [2.45, 2.75) is 31.7 Å². The van der Waals surface area contributed by atoms with Crippen molar-refractivity contribution < 1.29 is 0 Å². The maximum absolute atomic E-state index is 5.95. The second kappa shape index (κ2) is 5.45. The van der Waals surface area contributed by atoms with Gasteiger partial charge in [0.25, 0.3) is 0 Å². The Kier molecular flexibility index (Phi) is 3.71. The van der Waals surface area contributed by atoms with E-state index in [0.29, 0.717) is 5.15 Å². The summed E-state index contributed by atoms with van der Waals surface area (Å²) in [4.78, 5) is 9.40. The van der Waals surface area contributed by atoms with Crippen molar-refractivity contribution in [1.82, 2.24) is 9.88 Å². The van der Waals surface area contributed by atoms with Crippen LogP contribution in [-0.4, -0.2) is 42.1 Å². The van der Waals surface area contributed by atoms with Gasteiger partial charge in [0.2, 0.25) is 0 Å². The summed E-state index contributed by atoms with van der Waals surface area (Å²) >= 11 is 5.95. The van der Waals surface area contributed by atoms with Crippen molar-refractivity contribution in [1.29, 1.82) is 0 Å². The third-order valence-electron chi connectivity index (χ3n) is 4.18. The van der Waals surface area contributed by atoms with E-state index in [-0.39, 0.29) is 0 Å². The third-order valence-corrected chi connectivity index (χ3v) is 4.39. The van der Waals surface area contributed by atoms with Crippen LogP contribution in [0.1, 0.15) is 25.7 Å². The van der Waals surface area contributed by atoms with E-state index in [4.69, 9.17) is 11.6 Å². The van der Waals surface area contributed by atoms with Crippen molar-refractivity contribution in [3.8, 4) is 0 Å². The van der Waals surface area contributed by atoms with Gasteiger partial charge in [-0.25, -0.2) is 4.98 Å². The minimum Gasteiger partial charge on any atom is -0.354 e. The van der Waals surface area contributed by atoms with Gasteiger partial charge in [0.1, 0.15) is 11.0 Å². The molecule has 4 heteroatoms. The number of hydrogen-bond acceptors (Lipinski definition) is 3. The van der Waals surface area contributed by atoms with Gasteiger partial charge in [-0.05, 0) is 25.0 Å². The highest BCUT2D eigenvalue weighted by atomic mass is 35.5. The molecule has 0 bridgehead atoms. The zero-order valence-corrected chi connectivity index (χ0v) is 11.4. The van der Waals surface area contributed by atoms with Crippen molar-refractivity contribution in [3.05, 3.63) is 23.4 Å². The van der Waals surface area contributed by atoms with Gasteiger partial charge in [0, 0.05) is 32.2 Å². The van der Waals surface area contributed by atoms with Gasteiger partial charge in [0.15, 0.2) is 0 Å². The van der Waals surface area contributed by atoms with Crippen LogP contribution in [0.4, 0.5) is 5.82 Å². The second-order valence-electron chi connectivity index (χ2n) is 5.28. The van der Waals surface area contributed by atoms with Crippen LogP contribution < -0.4 is 4.90 Å². The summed E-state index contributed by atoms with van der Waals surface area (Å²) in [5, 5.41) is 0.589. The predicted molar refractivity (Wildman–Crippen MR) is 75.3 cm³/mol. The Labute approximate surface area is 114 Å². The first-order valence-corrected chi connectivity index (χ1v) is 7.32. The molecule has 1 aliphatic carbocycles. The largest absolute Gasteiger partial charge is 0.354 e. The van der Waals surface area contributed by atoms with Crippen molar-refractivity contribution in [2.75, 3.05) is 31.1 Å². The van der Waals surface area contributed by atoms with Crippen LogP contribution in [-0.2, 0) is 0 Å². The molecule has 0 amide bonds. The summed E-state index contributed by atoms with van der Waals surface area (Å²) in [5.41, 5.74) is 0. The van der Waals surface area contributed by atoms with E-state index in [9.17, 15) is 0 Å². The summed E-state index contributed by atoms with van der Waals surface area (Å²) in [7, 11) is 0. The minimum atomic E-state index is 0.589. The first-order valence-electron chi connectivity index (χ1n) is 6.94. The Bertz CT molecular complexity index is 396. The number of halogens is 1. The average molecular weight is 266 g/mol. The molecule has 2 fully saturated rings. The zero-order chi connectivity index (χ0) is 12.4.